The molecule has 1 atom stereocenters. The van der Waals surface area contributed by atoms with Gasteiger partial charge in [0.1, 0.15) is 0 Å². The van der Waals surface area contributed by atoms with E-state index < -0.39 is 10.0 Å². The molecule has 0 spiro atoms. The van der Waals surface area contributed by atoms with Crippen molar-refractivity contribution in [3.8, 4) is 0 Å². The van der Waals surface area contributed by atoms with Crippen LogP contribution in [0.15, 0.2) is 47.5 Å². The van der Waals surface area contributed by atoms with Gasteiger partial charge in [0.25, 0.3) is 5.91 Å². The third-order valence-electron chi connectivity index (χ3n) is 5.22. The molecule has 27 heavy (non-hydrogen) atoms. The van der Waals surface area contributed by atoms with Crippen LogP contribution in [0, 0.1) is 0 Å². The first-order valence-electron chi connectivity index (χ1n) is 9.27. The van der Waals surface area contributed by atoms with Gasteiger partial charge in [0.15, 0.2) is 0 Å². The van der Waals surface area contributed by atoms with E-state index >= 15 is 0 Å². The molecule has 1 amide bonds. The van der Waals surface area contributed by atoms with Crippen molar-refractivity contribution in [1.29, 1.82) is 0 Å². The first kappa shape index (κ1) is 19.6. The van der Waals surface area contributed by atoms with Crippen LogP contribution >= 0.6 is 0 Å². The molecule has 2 heterocycles. The molecule has 0 bridgehead atoms. The van der Waals surface area contributed by atoms with Crippen molar-refractivity contribution in [3.63, 3.8) is 0 Å². The number of carbonyl (C=O) groups is 1. The number of aryl methyl sites for hydroxylation is 1. The normalized spacial score (nSPS) is 18.5. The van der Waals surface area contributed by atoms with Crippen LogP contribution in [0.2, 0.25) is 0 Å². The maximum atomic E-state index is 13.2. The van der Waals surface area contributed by atoms with Gasteiger partial charge in [-0.15, -0.1) is 0 Å². The summed E-state index contributed by atoms with van der Waals surface area (Å²) >= 11 is 0. The van der Waals surface area contributed by atoms with Crippen molar-refractivity contribution in [1.82, 2.24) is 13.8 Å². The largest absolute Gasteiger partial charge is 0.353 e. The predicted molar refractivity (Wildman–Crippen MR) is 105 cm³/mol. The first-order valence-corrected chi connectivity index (χ1v) is 10.7. The lowest BCUT2D eigenvalue weighted by atomic mass is 10.1. The smallest absolute Gasteiger partial charge is 0.254 e. The molecule has 6 nitrogen and oxygen atoms in total. The fourth-order valence-corrected chi connectivity index (χ4v) is 4.53. The summed E-state index contributed by atoms with van der Waals surface area (Å²) in [5.41, 5.74) is 1.66. The summed E-state index contributed by atoms with van der Waals surface area (Å²) in [6.07, 6.45) is 6.14. The number of aromatic nitrogens is 1. The zero-order valence-corrected chi connectivity index (χ0v) is 16.9. The molecular weight excluding hydrogens is 362 g/mol. The zero-order chi connectivity index (χ0) is 19.6. The number of carbonyl (C=O) groups excluding carboxylic acids is 1. The highest BCUT2D eigenvalue weighted by Crippen LogP contribution is 2.31. The van der Waals surface area contributed by atoms with Crippen LogP contribution < -0.4 is 0 Å². The standard InChI is InChI=1S/C20H27N3O3S/c1-21(2)27(25,26)17-12-10-16(11-13-17)20(24)23-15-6-4-5-8-19(23)18-9-7-14-22(18)3/h7,9-14,19H,4-6,8,15H2,1-3H3/t19-/m0/s1. The Balaban J connectivity index is 1.89. The molecule has 0 radical (unpaired) electrons. The lowest BCUT2D eigenvalue weighted by molar-refractivity contribution is 0.0674. The summed E-state index contributed by atoms with van der Waals surface area (Å²) in [5, 5.41) is 0. The van der Waals surface area contributed by atoms with Gasteiger partial charge in [0.2, 0.25) is 10.0 Å². The van der Waals surface area contributed by atoms with E-state index in [-0.39, 0.29) is 16.8 Å². The first-order chi connectivity index (χ1) is 12.8. The molecule has 1 aromatic carbocycles. The van der Waals surface area contributed by atoms with Crippen LogP contribution in [0.4, 0.5) is 0 Å². The minimum Gasteiger partial charge on any atom is -0.353 e. The lowest BCUT2D eigenvalue weighted by Crippen LogP contribution is -2.35. The van der Waals surface area contributed by atoms with Gasteiger partial charge in [-0.3, -0.25) is 4.79 Å². The summed E-state index contributed by atoms with van der Waals surface area (Å²) in [4.78, 5) is 15.4. The Morgan fingerprint density at radius 3 is 2.37 bits per heavy atom. The molecule has 3 rings (SSSR count). The van der Waals surface area contributed by atoms with Crippen LogP contribution in [0.25, 0.3) is 0 Å². The SMILES string of the molecule is CN(C)S(=O)(=O)c1ccc(C(=O)N2CCCCC[C@H]2c2cccn2C)cc1. The summed E-state index contributed by atoms with van der Waals surface area (Å²) in [5.74, 6) is -0.0445. The fraction of sp³-hybridized carbons (Fsp3) is 0.450. The maximum Gasteiger partial charge on any atom is 0.254 e. The summed E-state index contributed by atoms with van der Waals surface area (Å²) in [6, 6.07) is 10.4. The van der Waals surface area contributed by atoms with Crippen LogP contribution in [-0.2, 0) is 17.1 Å². The van der Waals surface area contributed by atoms with Gasteiger partial charge in [-0.05, 0) is 49.2 Å². The highest BCUT2D eigenvalue weighted by Gasteiger charge is 2.29. The number of likely N-dealkylation sites (tertiary alicyclic amines) is 1. The van der Waals surface area contributed by atoms with E-state index in [9.17, 15) is 13.2 Å². The van der Waals surface area contributed by atoms with Crippen LogP contribution in [0.1, 0.15) is 47.8 Å². The topological polar surface area (TPSA) is 62.6 Å². The van der Waals surface area contributed by atoms with Crippen molar-refractivity contribution in [2.24, 2.45) is 7.05 Å². The molecule has 1 saturated heterocycles. The quantitative estimate of drug-likeness (QED) is 0.807. The van der Waals surface area contributed by atoms with E-state index in [0.717, 1.165) is 31.4 Å². The average molecular weight is 390 g/mol. The van der Waals surface area contributed by atoms with E-state index in [2.05, 4.69) is 10.6 Å². The Bertz CT molecular complexity index is 901. The molecule has 0 aliphatic carbocycles. The predicted octanol–water partition coefficient (Wildman–Crippen LogP) is 3.03. The van der Waals surface area contributed by atoms with Gasteiger partial charge in [-0.2, -0.15) is 0 Å². The number of hydrogen-bond acceptors (Lipinski definition) is 3. The molecule has 0 N–H and O–H groups in total. The van der Waals surface area contributed by atoms with Gasteiger partial charge in [-0.1, -0.05) is 12.8 Å². The highest BCUT2D eigenvalue weighted by molar-refractivity contribution is 7.89. The summed E-state index contributed by atoms with van der Waals surface area (Å²) in [7, 11) is 1.50. The Labute approximate surface area is 161 Å². The molecular formula is C20H27N3O3S. The Morgan fingerprint density at radius 2 is 1.78 bits per heavy atom. The van der Waals surface area contributed by atoms with Crippen LogP contribution in [-0.4, -0.2) is 48.7 Å². The van der Waals surface area contributed by atoms with Gasteiger partial charge >= 0.3 is 0 Å². The summed E-state index contributed by atoms with van der Waals surface area (Å²) in [6.45, 7) is 0.715. The number of nitrogens with zero attached hydrogens (tertiary/aromatic N) is 3. The van der Waals surface area contributed by atoms with Crippen molar-refractivity contribution < 1.29 is 13.2 Å². The molecule has 1 aliphatic heterocycles. The third-order valence-corrected chi connectivity index (χ3v) is 7.05. The van der Waals surface area contributed by atoms with E-state index in [4.69, 9.17) is 0 Å². The number of hydrogen-bond donors (Lipinski definition) is 0. The third kappa shape index (κ3) is 3.94. The number of sulfonamides is 1. The van der Waals surface area contributed by atoms with Gasteiger partial charge in [0, 0.05) is 45.1 Å². The fourth-order valence-electron chi connectivity index (χ4n) is 3.63. The van der Waals surface area contributed by atoms with Gasteiger partial charge in [-0.25, -0.2) is 12.7 Å². The Kier molecular flexibility index (Phi) is 5.72. The molecule has 1 fully saturated rings. The molecule has 1 aromatic heterocycles. The van der Waals surface area contributed by atoms with Crippen molar-refractivity contribution in [2.75, 3.05) is 20.6 Å². The number of rotatable bonds is 4. The summed E-state index contributed by atoms with van der Waals surface area (Å²) < 4.78 is 27.7. The zero-order valence-electron chi connectivity index (χ0n) is 16.1. The second kappa shape index (κ2) is 7.86. The second-order valence-electron chi connectivity index (χ2n) is 7.22. The molecule has 146 valence electrons. The van der Waals surface area contributed by atoms with Gasteiger partial charge < -0.3 is 9.47 Å². The lowest BCUT2D eigenvalue weighted by Gasteiger charge is -2.31. The highest BCUT2D eigenvalue weighted by atomic mass is 32.2. The number of amides is 1. The van der Waals surface area contributed by atoms with Crippen molar-refractivity contribution >= 4 is 15.9 Å². The van der Waals surface area contributed by atoms with E-state index in [1.54, 1.807) is 12.1 Å². The average Bonchev–Trinajstić information content (AvgIpc) is 2.92. The molecule has 2 aromatic rings. The number of benzene rings is 1. The maximum absolute atomic E-state index is 13.2. The van der Waals surface area contributed by atoms with Crippen LogP contribution in [0.5, 0.6) is 0 Å². The van der Waals surface area contributed by atoms with E-state index in [0.29, 0.717) is 12.1 Å². The molecule has 1 aliphatic rings. The molecule has 7 heteroatoms. The Hall–Kier alpha value is -2.12. The van der Waals surface area contributed by atoms with Crippen molar-refractivity contribution in [3.05, 3.63) is 53.9 Å². The van der Waals surface area contributed by atoms with E-state index in [1.807, 2.05) is 24.2 Å². The van der Waals surface area contributed by atoms with Crippen LogP contribution in [0.3, 0.4) is 0 Å². The minimum atomic E-state index is -3.50. The monoisotopic (exact) mass is 389 g/mol. The van der Waals surface area contributed by atoms with Crippen molar-refractivity contribution in [2.45, 2.75) is 36.6 Å². The Morgan fingerprint density at radius 1 is 1.07 bits per heavy atom. The second-order valence-corrected chi connectivity index (χ2v) is 9.37. The minimum absolute atomic E-state index is 0.0445. The molecule has 0 saturated carbocycles. The molecule has 0 unspecified atom stereocenters. The van der Waals surface area contributed by atoms with Gasteiger partial charge in [0.05, 0.1) is 10.9 Å². The van der Waals surface area contributed by atoms with E-state index in [1.165, 1.54) is 30.5 Å².